The maximum absolute atomic E-state index is 16.3. The minimum Gasteiger partial charge on any atom is -0.218 e. The molecule has 0 atom stereocenters. The summed E-state index contributed by atoms with van der Waals surface area (Å²) >= 11 is 0. The average Bonchev–Trinajstić information content (AvgIpc) is 2.34. The average molecular weight is 383 g/mol. The van der Waals surface area contributed by atoms with Gasteiger partial charge in [0.05, 0.1) is 5.45 Å². The Morgan fingerprint density at radius 3 is 1.35 bits per heavy atom. The number of hydrogen-bond acceptors (Lipinski definition) is 0. The van der Waals surface area contributed by atoms with Gasteiger partial charge >= 0.3 is 0 Å². The number of halogens is 1. The molecule has 1 aromatic rings. The summed E-state index contributed by atoms with van der Waals surface area (Å²) in [5.41, 5.74) is 2.34. The van der Waals surface area contributed by atoms with E-state index in [1.165, 1.54) is 0 Å². The Balaban J connectivity index is 3.85. The summed E-state index contributed by atoms with van der Waals surface area (Å²) in [6.07, 6.45) is 0. The molecule has 130 valence electrons. The molecular formula is C18H35FSi4. The van der Waals surface area contributed by atoms with Gasteiger partial charge in [0.25, 0.3) is 0 Å². The van der Waals surface area contributed by atoms with Crippen LogP contribution in [0.4, 0.5) is 4.39 Å². The van der Waals surface area contributed by atoms with Crippen molar-refractivity contribution in [2.45, 2.75) is 65.8 Å². The fourth-order valence-electron chi connectivity index (χ4n) is 5.46. The molecule has 0 spiro atoms. The van der Waals surface area contributed by atoms with Gasteiger partial charge in [-0.1, -0.05) is 89.3 Å². The first kappa shape index (κ1) is 20.8. The molecule has 0 fully saturated rings. The molecule has 0 nitrogen and oxygen atoms in total. The molecule has 0 heterocycles. The van der Waals surface area contributed by atoms with Crippen LogP contribution in [0.5, 0.6) is 0 Å². The van der Waals surface area contributed by atoms with Gasteiger partial charge in [0.2, 0.25) is 0 Å². The summed E-state index contributed by atoms with van der Waals surface area (Å²) in [5, 5.41) is 0. The van der Waals surface area contributed by atoms with Crippen LogP contribution in [0.25, 0.3) is 5.57 Å². The summed E-state index contributed by atoms with van der Waals surface area (Å²) < 4.78 is 16.3. The molecule has 1 aromatic carbocycles. The number of rotatable bonds is 5. The van der Waals surface area contributed by atoms with Crippen molar-refractivity contribution >= 4 is 35.0 Å². The third kappa shape index (κ3) is 3.57. The van der Waals surface area contributed by atoms with E-state index in [0.717, 1.165) is 11.1 Å². The van der Waals surface area contributed by atoms with Crippen LogP contribution in [-0.4, -0.2) is 29.4 Å². The summed E-state index contributed by atoms with van der Waals surface area (Å²) in [6.45, 7) is 21.8. The lowest BCUT2D eigenvalue weighted by molar-refractivity contribution is 0.691. The Hall–Kier alpha value is -0.242. The largest absolute Gasteiger partial charge is 0.218 e. The van der Waals surface area contributed by atoms with Gasteiger partial charge in [-0.25, -0.2) is 4.39 Å². The first-order valence-electron chi connectivity index (χ1n) is 8.60. The molecule has 1 rings (SSSR count). The second kappa shape index (κ2) is 6.58. The lowest BCUT2D eigenvalue weighted by Gasteiger charge is -2.56. The van der Waals surface area contributed by atoms with Gasteiger partial charge < -0.3 is 0 Å². The predicted molar refractivity (Wildman–Crippen MR) is 116 cm³/mol. The highest BCUT2D eigenvalue weighted by Crippen LogP contribution is 2.44. The SMILES string of the molecule is C/C(=C(\F)[Si]([Si](C)(C)C)([Si](C)(C)C)[Si](C)(C)C)c1ccccc1. The fraction of sp³-hybridized carbons (Fsp3) is 0.556. The Morgan fingerprint density at radius 1 is 0.696 bits per heavy atom. The van der Waals surface area contributed by atoms with Gasteiger partial charge in [-0.05, 0) is 18.1 Å². The monoisotopic (exact) mass is 382 g/mol. The Kier molecular flexibility index (Phi) is 5.95. The third-order valence-electron chi connectivity index (χ3n) is 5.24. The van der Waals surface area contributed by atoms with Gasteiger partial charge in [-0.2, -0.15) is 0 Å². The van der Waals surface area contributed by atoms with E-state index < -0.39 is 29.4 Å². The van der Waals surface area contributed by atoms with Crippen LogP contribution in [-0.2, 0) is 0 Å². The number of allylic oxidation sites excluding steroid dienone is 1. The van der Waals surface area contributed by atoms with Crippen molar-refractivity contribution < 1.29 is 4.39 Å². The van der Waals surface area contributed by atoms with Gasteiger partial charge in [-0.3, -0.25) is 0 Å². The van der Waals surface area contributed by atoms with Crippen molar-refractivity contribution in [3.8, 4) is 0 Å². The van der Waals surface area contributed by atoms with E-state index in [4.69, 9.17) is 0 Å². The van der Waals surface area contributed by atoms with Gasteiger partial charge in [0.1, 0.15) is 6.63 Å². The maximum Gasteiger partial charge on any atom is 0.103 e. The Labute approximate surface area is 146 Å². The third-order valence-corrected chi connectivity index (χ3v) is 75.7. The number of benzene rings is 1. The second-order valence-corrected chi connectivity index (χ2v) is 50.0. The summed E-state index contributed by atoms with van der Waals surface area (Å²) in [4.78, 5) is 0. The smallest absolute Gasteiger partial charge is 0.103 e. The highest BCUT2D eigenvalue weighted by Gasteiger charge is 2.65. The molecule has 0 saturated heterocycles. The summed E-state index contributed by atoms with van der Waals surface area (Å²) in [7, 11) is -4.91. The Morgan fingerprint density at radius 2 is 1.04 bits per heavy atom. The van der Waals surface area contributed by atoms with E-state index in [-0.39, 0.29) is 0 Å². The molecule has 23 heavy (non-hydrogen) atoms. The van der Waals surface area contributed by atoms with Crippen molar-refractivity contribution in [2.24, 2.45) is 0 Å². The van der Waals surface area contributed by atoms with Gasteiger partial charge in [-0.15, -0.1) is 0 Å². The standard InChI is InChI=1S/C18H35FSi4/c1-16(17-14-12-11-13-15-17)18(19)23(20(2,3)4,21(5,6)7)22(8,9)10/h11-15H,1-10H3/b18-16-. The van der Waals surface area contributed by atoms with E-state index >= 15 is 4.39 Å². The predicted octanol–water partition coefficient (Wildman–Crippen LogP) is 6.62. The number of hydrogen-bond donors (Lipinski definition) is 0. The lowest BCUT2D eigenvalue weighted by Crippen LogP contribution is -2.83. The van der Waals surface area contributed by atoms with E-state index in [9.17, 15) is 0 Å². The van der Waals surface area contributed by atoms with Crippen molar-refractivity contribution in [3.05, 3.63) is 41.3 Å². The lowest BCUT2D eigenvalue weighted by atomic mass is 10.1. The van der Waals surface area contributed by atoms with Crippen LogP contribution in [0.2, 0.25) is 58.9 Å². The first-order valence-corrected chi connectivity index (χ1v) is 24.1. The molecule has 0 amide bonds. The quantitative estimate of drug-likeness (QED) is 0.502. The topological polar surface area (TPSA) is 0 Å². The molecule has 0 bridgehead atoms. The van der Waals surface area contributed by atoms with Crippen LogP contribution in [0.15, 0.2) is 35.8 Å². The van der Waals surface area contributed by atoms with E-state index in [0.29, 0.717) is 5.45 Å². The van der Waals surface area contributed by atoms with E-state index in [1.807, 2.05) is 25.1 Å². The van der Waals surface area contributed by atoms with Crippen LogP contribution in [0.3, 0.4) is 0 Å². The van der Waals surface area contributed by atoms with Crippen molar-refractivity contribution in [2.75, 3.05) is 0 Å². The zero-order valence-corrected chi connectivity index (χ0v) is 20.8. The molecule has 0 unspecified atom stereocenters. The fourth-order valence-corrected chi connectivity index (χ4v) is 104. The molecule has 5 heteroatoms. The molecule has 0 aliphatic heterocycles. The minimum atomic E-state index is -2.12. The maximum atomic E-state index is 16.3. The minimum absolute atomic E-state index is 0.348. The molecular weight excluding hydrogens is 348 g/mol. The molecule has 0 aliphatic rings. The Bertz CT molecular complexity index is 536. The molecule has 0 saturated carbocycles. The van der Waals surface area contributed by atoms with E-state index in [1.54, 1.807) is 0 Å². The van der Waals surface area contributed by atoms with Gasteiger partial charge in [0, 0.05) is 22.8 Å². The van der Waals surface area contributed by atoms with Crippen molar-refractivity contribution in [3.63, 3.8) is 0 Å². The van der Waals surface area contributed by atoms with E-state index in [2.05, 4.69) is 71.1 Å². The van der Waals surface area contributed by atoms with Crippen LogP contribution in [0, 0.1) is 0 Å². The van der Waals surface area contributed by atoms with Crippen LogP contribution < -0.4 is 0 Å². The molecule has 0 radical (unpaired) electrons. The van der Waals surface area contributed by atoms with Crippen LogP contribution >= 0.6 is 0 Å². The molecule has 0 aliphatic carbocycles. The highest BCUT2D eigenvalue weighted by molar-refractivity contribution is 7.91. The highest BCUT2D eigenvalue weighted by atomic mass is 29.9. The second-order valence-electron chi connectivity index (χ2n) is 9.81. The normalized spacial score (nSPS) is 15.4. The van der Waals surface area contributed by atoms with Crippen molar-refractivity contribution in [1.29, 1.82) is 0 Å². The molecule has 0 aromatic heterocycles. The van der Waals surface area contributed by atoms with Crippen LogP contribution in [0.1, 0.15) is 12.5 Å². The molecule has 0 N–H and O–H groups in total. The summed E-state index contributed by atoms with van der Waals surface area (Å²) in [6, 6.07) is 10.2. The zero-order valence-electron chi connectivity index (χ0n) is 16.8. The first-order chi connectivity index (χ1) is 10.2. The zero-order chi connectivity index (χ0) is 18.3. The van der Waals surface area contributed by atoms with Crippen molar-refractivity contribution in [1.82, 2.24) is 0 Å². The summed E-state index contributed by atoms with van der Waals surface area (Å²) in [5.74, 6) is 0. The van der Waals surface area contributed by atoms with Gasteiger partial charge in [0.15, 0.2) is 0 Å².